The van der Waals surface area contributed by atoms with Crippen molar-refractivity contribution in [2.24, 2.45) is 5.92 Å². The Labute approximate surface area is 195 Å². The van der Waals surface area contributed by atoms with Crippen LogP contribution in [-0.2, 0) is 19.6 Å². The lowest BCUT2D eigenvalue weighted by molar-refractivity contribution is -0.121. The topological polar surface area (TPSA) is 105 Å². The number of rotatable bonds is 5. The Bertz CT molecular complexity index is 1160. The Morgan fingerprint density at radius 3 is 2.72 bits per heavy atom. The molecule has 1 saturated heterocycles. The van der Waals surface area contributed by atoms with E-state index in [0.29, 0.717) is 18.5 Å². The number of hydrogen-bond donors (Lipinski definition) is 2. The van der Waals surface area contributed by atoms with E-state index in [2.05, 4.69) is 10.6 Å². The van der Waals surface area contributed by atoms with Gasteiger partial charge in [-0.1, -0.05) is 17.7 Å². The standard InChI is InChI=1S/C21H22ClN3O5S2/c1-31-15-4-2-3-14(9-15)23-21(27)13-5-7-25(8-6-13)32(28,29)19-11-18-17(10-16(19)22)24-20(26)12-30-18/h2-4,9-11,13H,5-8,12H2,1H3,(H,23,27)(H,24,26). The predicted molar refractivity (Wildman–Crippen MR) is 124 cm³/mol. The Morgan fingerprint density at radius 2 is 2.00 bits per heavy atom. The number of carbonyl (C=O) groups is 2. The van der Waals surface area contributed by atoms with E-state index in [-0.39, 0.29) is 53.1 Å². The normalized spacial score (nSPS) is 17.2. The molecule has 11 heteroatoms. The molecule has 32 heavy (non-hydrogen) atoms. The third kappa shape index (κ3) is 4.73. The van der Waals surface area contributed by atoms with Crippen LogP contribution in [0.2, 0.25) is 5.02 Å². The van der Waals surface area contributed by atoms with Gasteiger partial charge < -0.3 is 15.4 Å². The number of benzene rings is 2. The van der Waals surface area contributed by atoms with E-state index in [1.807, 2.05) is 30.5 Å². The number of amides is 2. The summed E-state index contributed by atoms with van der Waals surface area (Å²) >= 11 is 7.82. The highest BCUT2D eigenvalue weighted by atomic mass is 35.5. The van der Waals surface area contributed by atoms with Crippen molar-refractivity contribution in [2.75, 3.05) is 36.6 Å². The Balaban J connectivity index is 1.43. The minimum absolute atomic E-state index is 0.00286. The second-order valence-electron chi connectivity index (χ2n) is 7.52. The molecule has 0 radical (unpaired) electrons. The zero-order chi connectivity index (χ0) is 22.9. The van der Waals surface area contributed by atoms with Crippen molar-refractivity contribution in [1.82, 2.24) is 4.31 Å². The summed E-state index contributed by atoms with van der Waals surface area (Å²) in [5.41, 5.74) is 1.07. The van der Waals surface area contributed by atoms with Crippen LogP contribution in [0, 0.1) is 5.92 Å². The monoisotopic (exact) mass is 495 g/mol. The fraction of sp³-hybridized carbons (Fsp3) is 0.333. The molecule has 2 aliphatic heterocycles. The van der Waals surface area contributed by atoms with Crippen molar-refractivity contribution < 1.29 is 22.7 Å². The summed E-state index contributed by atoms with van der Waals surface area (Å²) < 4.78 is 33.0. The van der Waals surface area contributed by atoms with Crippen LogP contribution >= 0.6 is 23.4 Å². The lowest BCUT2D eigenvalue weighted by Crippen LogP contribution is -2.41. The van der Waals surface area contributed by atoms with Crippen molar-refractivity contribution in [3.05, 3.63) is 41.4 Å². The highest BCUT2D eigenvalue weighted by molar-refractivity contribution is 7.98. The highest BCUT2D eigenvalue weighted by Gasteiger charge is 2.34. The first-order chi connectivity index (χ1) is 15.3. The van der Waals surface area contributed by atoms with Crippen molar-refractivity contribution in [2.45, 2.75) is 22.6 Å². The van der Waals surface area contributed by atoms with Gasteiger partial charge in [0.1, 0.15) is 10.6 Å². The summed E-state index contributed by atoms with van der Waals surface area (Å²) in [6.07, 6.45) is 2.78. The minimum Gasteiger partial charge on any atom is -0.482 e. The van der Waals surface area contributed by atoms with Crippen LogP contribution in [0.5, 0.6) is 5.75 Å². The van der Waals surface area contributed by atoms with Gasteiger partial charge in [0.2, 0.25) is 15.9 Å². The number of fused-ring (bicyclic) bond motifs is 1. The molecular weight excluding hydrogens is 474 g/mol. The van der Waals surface area contributed by atoms with Gasteiger partial charge in [-0.15, -0.1) is 11.8 Å². The number of halogens is 1. The van der Waals surface area contributed by atoms with Gasteiger partial charge in [-0.3, -0.25) is 9.59 Å². The van der Waals surface area contributed by atoms with E-state index < -0.39 is 10.0 Å². The maximum absolute atomic E-state index is 13.2. The molecule has 0 unspecified atom stereocenters. The number of piperidine rings is 1. The molecule has 0 bridgehead atoms. The zero-order valence-electron chi connectivity index (χ0n) is 17.3. The van der Waals surface area contributed by atoms with Crippen LogP contribution < -0.4 is 15.4 Å². The van der Waals surface area contributed by atoms with Gasteiger partial charge >= 0.3 is 0 Å². The zero-order valence-corrected chi connectivity index (χ0v) is 19.6. The third-order valence-electron chi connectivity index (χ3n) is 5.45. The largest absolute Gasteiger partial charge is 0.482 e. The Kier molecular flexibility index (Phi) is 6.66. The Hall–Kier alpha value is -2.27. The lowest BCUT2D eigenvalue weighted by Gasteiger charge is -2.31. The first kappa shape index (κ1) is 22.9. The average molecular weight is 496 g/mol. The molecule has 0 spiro atoms. The summed E-state index contributed by atoms with van der Waals surface area (Å²) in [7, 11) is -3.88. The van der Waals surface area contributed by atoms with Gasteiger partial charge in [0.25, 0.3) is 5.91 Å². The summed E-state index contributed by atoms with van der Waals surface area (Å²) in [6.45, 7) is 0.223. The SMILES string of the molecule is CSc1cccc(NC(=O)C2CCN(S(=O)(=O)c3cc4c(cc3Cl)NC(=O)CO4)CC2)c1. The molecule has 4 rings (SSSR count). The number of hydrogen-bond acceptors (Lipinski definition) is 6. The molecule has 0 atom stereocenters. The summed E-state index contributed by atoms with van der Waals surface area (Å²) in [6, 6.07) is 10.3. The molecule has 2 heterocycles. The summed E-state index contributed by atoms with van der Waals surface area (Å²) in [5, 5.41) is 5.53. The van der Waals surface area contributed by atoms with Crippen LogP contribution in [-0.4, -0.2) is 50.5 Å². The Morgan fingerprint density at radius 1 is 1.25 bits per heavy atom. The smallest absolute Gasteiger partial charge is 0.262 e. The van der Waals surface area contributed by atoms with E-state index >= 15 is 0 Å². The van der Waals surface area contributed by atoms with Crippen LogP contribution in [0.1, 0.15) is 12.8 Å². The van der Waals surface area contributed by atoms with Crippen molar-refractivity contribution in [3.8, 4) is 5.75 Å². The van der Waals surface area contributed by atoms with Gasteiger partial charge in [-0.25, -0.2) is 8.42 Å². The highest BCUT2D eigenvalue weighted by Crippen LogP contribution is 2.37. The number of nitrogens with zero attached hydrogens (tertiary/aromatic N) is 1. The van der Waals surface area contributed by atoms with E-state index in [9.17, 15) is 18.0 Å². The van der Waals surface area contributed by atoms with E-state index in [1.165, 1.54) is 16.4 Å². The molecule has 0 saturated carbocycles. The first-order valence-corrected chi connectivity index (χ1v) is 13.0. The third-order valence-corrected chi connectivity index (χ3v) is 8.54. The van der Waals surface area contributed by atoms with Gasteiger partial charge in [0, 0.05) is 35.7 Å². The molecule has 8 nitrogen and oxygen atoms in total. The molecule has 2 aromatic carbocycles. The van der Waals surface area contributed by atoms with Gasteiger partial charge in [0.05, 0.1) is 10.7 Å². The quantitative estimate of drug-likeness (QED) is 0.616. The number of nitrogens with one attached hydrogen (secondary N) is 2. The molecular formula is C21H22ClN3O5S2. The summed E-state index contributed by atoms with van der Waals surface area (Å²) in [5.74, 6) is -0.466. The molecule has 1 fully saturated rings. The van der Waals surface area contributed by atoms with Crippen molar-refractivity contribution in [1.29, 1.82) is 0 Å². The van der Waals surface area contributed by atoms with Gasteiger partial charge in [-0.2, -0.15) is 4.31 Å². The number of anilines is 2. The van der Waals surface area contributed by atoms with E-state index in [1.54, 1.807) is 11.8 Å². The second kappa shape index (κ2) is 9.30. The molecule has 2 N–H and O–H groups in total. The number of ether oxygens (including phenoxy) is 1. The fourth-order valence-corrected chi connectivity index (χ4v) is 6.17. The average Bonchev–Trinajstić information content (AvgIpc) is 2.78. The van der Waals surface area contributed by atoms with Crippen molar-refractivity contribution >= 4 is 56.6 Å². The van der Waals surface area contributed by atoms with Crippen LogP contribution in [0.15, 0.2) is 46.2 Å². The van der Waals surface area contributed by atoms with Crippen LogP contribution in [0.3, 0.4) is 0 Å². The molecule has 0 aliphatic carbocycles. The van der Waals surface area contributed by atoms with Crippen LogP contribution in [0.25, 0.3) is 0 Å². The molecule has 170 valence electrons. The van der Waals surface area contributed by atoms with Gasteiger partial charge in [-0.05, 0) is 43.4 Å². The minimum atomic E-state index is -3.88. The number of carbonyl (C=O) groups excluding carboxylic acids is 2. The maximum Gasteiger partial charge on any atom is 0.262 e. The fourth-order valence-electron chi connectivity index (χ4n) is 3.72. The second-order valence-corrected chi connectivity index (χ2v) is 10.7. The summed E-state index contributed by atoms with van der Waals surface area (Å²) in [4.78, 5) is 25.1. The number of thioether (sulfide) groups is 1. The predicted octanol–water partition coefficient (Wildman–Crippen LogP) is 3.43. The number of sulfonamides is 1. The molecule has 2 aliphatic rings. The van der Waals surface area contributed by atoms with E-state index in [0.717, 1.165) is 10.6 Å². The van der Waals surface area contributed by atoms with E-state index in [4.69, 9.17) is 16.3 Å². The maximum atomic E-state index is 13.2. The van der Waals surface area contributed by atoms with Gasteiger partial charge in [0.15, 0.2) is 6.61 Å². The molecule has 2 amide bonds. The lowest BCUT2D eigenvalue weighted by atomic mass is 9.97. The van der Waals surface area contributed by atoms with Crippen LogP contribution in [0.4, 0.5) is 11.4 Å². The first-order valence-electron chi connectivity index (χ1n) is 9.99. The molecule has 0 aromatic heterocycles. The van der Waals surface area contributed by atoms with Crippen molar-refractivity contribution in [3.63, 3.8) is 0 Å². The molecule has 2 aromatic rings.